The van der Waals surface area contributed by atoms with Crippen molar-refractivity contribution < 1.29 is 4.74 Å². The van der Waals surface area contributed by atoms with Gasteiger partial charge in [0.25, 0.3) is 0 Å². The van der Waals surface area contributed by atoms with Gasteiger partial charge in [0.05, 0.1) is 18.3 Å². The highest BCUT2D eigenvalue weighted by atomic mass is 79.9. The molecule has 2 unspecified atom stereocenters. The van der Waals surface area contributed by atoms with Gasteiger partial charge >= 0.3 is 0 Å². The van der Waals surface area contributed by atoms with Crippen LogP contribution < -0.4 is 5.32 Å². The van der Waals surface area contributed by atoms with Crippen LogP contribution >= 0.6 is 15.9 Å². The highest BCUT2D eigenvalue weighted by Gasteiger charge is 2.27. The molecule has 17 heavy (non-hydrogen) atoms. The summed E-state index contributed by atoms with van der Waals surface area (Å²) in [4.78, 5) is 4.51. The molecule has 94 valence electrons. The second-order valence-corrected chi connectivity index (χ2v) is 5.24. The third-order valence-corrected chi connectivity index (χ3v) is 3.84. The van der Waals surface area contributed by atoms with Crippen molar-refractivity contribution in [2.75, 3.05) is 19.8 Å². The van der Waals surface area contributed by atoms with E-state index in [1.54, 1.807) is 0 Å². The summed E-state index contributed by atoms with van der Waals surface area (Å²) in [6, 6.07) is 4.29. The Hall–Kier alpha value is -0.450. The number of nitrogens with zero attached hydrogens (tertiary/aromatic N) is 1. The molecule has 1 fully saturated rings. The highest BCUT2D eigenvalue weighted by molar-refractivity contribution is 9.10. The van der Waals surface area contributed by atoms with Crippen molar-refractivity contribution in [3.8, 4) is 0 Å². The molecule has 0 bridgehead atoms. The maximum Gasteiger partial charge on any atom is 0.0718 e. The largest absolute Gasteiger partial charge is 0.381 e. The molecule has 0 aromatic carbocycles. The second kappa shape index (κ2) is 6.47. The molecule has 1 N–H and O–H groups in total. The molecule has 2 rings (SSSR count). The van der Waals surface area contributed by atoms with E-state index in [0.717, 1.165) is 36.3 Å². The minimum absolute atomic E-state index is 0.288. The molecule has 1 aliphatic rings. The predicted octanol–water partition coefficient (Wildman–Crippen LogP) is 2.92. The summed E-state index contributed by atoms with van der Waals surface area (Å²) in [5.41, 5.74) is 1.10. The van der Waals surface area contributed by atoms with E-state index in [0.29, 0.717) is 5.92 Å². The lowest BCUT2D eigenvalue weighted by Gasteiger charge is -2.30. The van der Waals surface area contributed by atoms with Crippen LogP contribution in [-0.2, 0) is 4.74 Å². The summed E-state index contributed by atoms with van der Waals surface area (Å²) in [7, 11) is 0. The zero-order chi connectivity index (χ0) is 12.1. The van der Waals surface area contributed by atoms with Crippen molar-refractivity contribution in [2.45, 2.75) is 25.8 Å². The van der Waals surface area contributed by atoms with E-state index in [-0.39, 0.29) is 6.04 Å². The number of aromatic nitrogens is 1. The van der Waals surface area contributed by atoms with E-state index < -0.39 is 0 Å². The topological polar surface area (TPSA) is 34.2 Å². The van der Waals surface area contributed by atoms with Crippen molar-refractivity contribution in [2.24, 2.45) is 5.92 Å². The molecule has 0 saturated carbocycles. The van der Waals surface area contributed by atoms with Crippen LogP contribution in [-0.4, -0.2) is 24.7 Å². The third kappa shape index (κ3) is 3.27. The number of ether oxygens (including phenoxy) is 1. The Bertz CT molecular complexity index is 353. The third-order valence-electron chi connectivity index (χ3n) is 3.17. The van der Waals surface area contributed by atoms with Gasteiger partial charge in [0, 0.05) is 23.2 Å². The summed E-state index contributed by atoms with van der Waals surface area (Å²) in [6.07, 6.45) is 4.21. The van der Waals surface area contributed by atoms with Crippen LogP contribution in [0.1, 0.15) is 31.5 Å². The quantitative estimate of drug-likeness (QED) is 0.928. The van der Waals surface area contributed by atoms with Gasteiger partial charge in [-0.25, -0.2) is 0 Å². The molecule has 0 radical (unpaired) electrons. The maximum atomic E-state index is 5.59. The average molecular weight is 299 g/mol. The second-order valence-electron chi connectivity index (χ2n) is 4.38. The first-order valence-electron chi connectivity index (χ1n) is 6.24. The van der Waals surface area contributed by atoms with Crippen molar-refractivity contribution in [3.05, 3.63) is 28.5 Å². The molecular weight excluding hydrogens is 280 g/mol. The van der Waals surface area contributed by atoms with Crippen LogP contribution in [0, 0.1) is 5.92 Å². The van der Waals surface area contributed by atoms with Crippen molar-refractivity contribution in [1.82, 2.24) is 10.3 Å². The first-order chi connectivity index (χ1) is 8.33. The van der Waals surface area contributed by atoms with E-state index in [1.807, 2.05) is 12.3 Å². The molecule has 1 aromatic heterocycles. The Labute approximate surface area is 111 Å². The normalized spacial score (nSPS) is 22.4. The van der Waals surface area contributed by atoms with Gasteiger partial charge in [-0.05, 0) is 47.4 Å². The van der Waals surface area contributed by atoms with Gasteiger partial charge in [0.1, 0.15) is 0 Å². The minimum Gasteiger partial charge on any atom is -0.381 e. The average Bonchev–Trinajstić information content (AvgIpc) is 2.38. The lowest BCUT2D eigenvalue weighted by molar-refractivity contribution is 0.0385. The Morgan fingerprint density at radius 2 is 2.53 bits per heavy atom. The fourth-order valence-corrected chi connectivity index (χ4v) is 2.86. The van der Waals surface area contributed by atoms with Crippen LogP contribution in [0.25, 0.3) is 0 Å². The molecule has 3 nitrogen and oxygen atoms in total. The van der Waals surface area contributed by atoms with Crippen LogP contribution in [0.5, 0.6) is 0 Å². The van der Waals surface area contributed by atoms with E-state index in [4.69, 9.17) is 4.74 Å². The molecule has 2 atom stereocenters. The molecule has 0 amide bonds. The Morgan fingerprint density at radius 1 is 1.65 bits per heavy atom. The zero-order valence-electron chi connectivity index (χ0n) is 10.2. The molecule has 0 spiro atoms. The molecular formula is C13H19BrN2O. The molecule has 1 saturated heterocycles. The number of hydrogen-bond acceptors (Lipinski definition) is 3. The van der Waals surface area contributed by atoms with Crippen molar-refractivity contribution >= 4 is 15.9 Å². The molecule has 1 aliphatic heterocycles. The fourth-order valence-electron chi connectivity index (χ4n) is 2.36. The summed E-state index contributed by atoms with van der Waals surface area (Å²) in [6.45, 7) is 4.82. The van der Waals surface area contributed by atoms with Gasteiger partial charge in [0.2, 0.25) is 0 Å². The monoisotopic (exact) mass is 298 g/mol. The minimum atomic E-state index is 0.288. The number of hydrogen-bond donors (Lipinski definition) is 1. The van der Waals surface area contributed by atoms with Gasteiger partial charge < -0.3 is 10.1 Å². The summed E-state index contributed by atoms with van der Waals surface area (Å²) in [5, 5.41) is 3.54. The number of nitrogens with one attached hydrogen (secondary N) is 1. The maximum absolute atomic E-state index is 5.59. The molecule has 2 heterocycles. The van der Waals surface area contributed by atoms with Crippen LogP contribution in [0.4, 0.5) is 0 Å². The molecule has 1 aromatic rings. The van der Waals surface area contributed by atoms with Gasteiger partial charge in [-0.3, -0.25) is 4.98 Å². The summed E-state index contributed by atoms with van der Waals surface area (Å²) in [5.74, 6) is 0.523. The van der Waals surface area contributed by atoms with Gasteiger partial charge in [-0.2, -0.15) is 0 Å². The summed E-state index contributed by atoms with van der Waals surface area (Å²) >= 11 is 3.59. The van der Waals surface area contributed by atoms with Gasteiger partial charge in [0.15, 0.2) is 0 Å². The fraction of sp³-hybridized carbons (Fsp3) is 0.615. The number of rotatable bonds is 4. The van der Waals surface area contributed by atoms with E-state index in [2.05, 4.69) is 39.2 Å². The van der Waals surface area contributed by atoms with Gasteiger partial charge in [-0.15, -0.1) is 0 Å². The Morgan fingerprint density at radius 3 is 3.18 bits per heavy atom. The lowest BCUT2D eigenvalue weighted by atomic mass is 9.91. The van der Waals surface area contributed by atoms with Crippen LogP contribution in [0.2, 0.25) is 0 Å². The van der Waals surface area contributed by atoms with E-state index in [1.165, 1.54) is 6.42 Å². The van der Waals surface area contributed by atoms with Crippen LogP contribution in [0.15, 0.2) is 22.8 Å². The lowest BCUT2D eigenvalue weighted by Crippen LogP contribution is -2.34. The van der Waals surface area contributed by atoms with E-state index >= 15 is 0 Å². The smallest absolute Gasteiger partial charge is 0.0718 e. The van der Waals surface area contributed by atoms with Crippen LogP contribution in [0.3, 0.4) is 0 Å². The van der Waals surface area contributed by atoms with Gasteiger partial charge in [-0.1, -0.05) is 6.92 Å². The van der Waals surface area contributed by atoms with Crippen molar-refractivity contribution in [1.29, 1.82) is 0 Å². The predicted molar refractivity (Wildman–Crippen MR) is 71.9 cm³/mol. The Balaban J connectivity index is 2.18. The zero-order valence-corrected chi connectivity index (χ0v) is 11.7. The first kappa shape index (κ1) is 13.0. The Kier molecular flexibility index (Phi) is 4.95. The summed E-state index contributed by atoms with van der Waals surface area (Å²) < 4.78 is 6.67. The number of halogens is 1. The standard InChI is InChI=1S/C13H19BrN2O/c1-2-15-12(10-5-4-8-17-9-10)13-11(14)6-3-7-16-13/h3,6-7,10,12,15H,2,4-5,8-9H2,1H3. The highest BCUT2D eigenvalue weighted by Crippen LogP contribution is 2.31. The molecule has 4 heteroatoms. The first-order valence-corrected chi connectivity index (χ1v) is 7.03. The number of pyridine rings is 1. The van der Waals surface area contributed by atoms with Crippen molar-refractivity contribution in [3.63, 3.8) is 0 Å². The van der Waals surface area contributed by atoms with E-state index in [9.17, 15) is 0 Å². The SMILES string of the molecule is CCNC(c1ncccc1Br)C1CCCOC1. The molecule has 0 aliphatic carbocycles.